The number of halogens is 2. The van der Waals surface area contributed by atoms with Crippen LogP contribution in [-0.4, -0.2) is 7.11 Å². The van der Waals surface area contributed by atoms with Gasteiger partial charge >= 0.3 is 0 Å². The van der Waals surface area contributed by atoms with Crippen LogP contribution >= 0.6 is 23.2 Å². The molecule has 0 saturated carbocycles. The number of hydrogen-bond acceptors (Lipinski definition) is 3. The summed E-state index contributed by atoms with van der Waals surface area (Å²) in [6, 6.07) is 11.0. The van der Waals surface area contributed by atoms with Crippen molar-refractivity contribution < 1.29 is 4.74 Å². The molecule has 2 rings (SSSR count). The highest BCUT2D eigenvalue weighted by Gasteiger charge is 2.06. The average Bonchev–Trinajstić information content (AvgIpc) is 2.38. The van der Waals surface area contributed by atoms with Crippen molar-refractivity contribution in [3.63, 3.8) is 0 Å². The van der Waals surface area contributed by atoms with Crippen molar-refractivity contribution in [1.29, 1.82) is 0 Å². The minimum absolute atomic E-state index is 0.532. The Bertz CT molecular complexity index is 567. The fraction of sp³-hybridized carbons (Fsp3) is 0.143. The lowest BCUT2D eigenvalue weighted by Gasteiger charge is -2.11. The molecule has 100 valence electrons. The zero-order valence-electron chi connectivity index (χ0n) is 10.4. The van der Waals surface area contributed by atoms with E-state index in [2.05, 4.69) is 5.32 Å². The van der Waals surface area contributed by atoms with Crippen LogP contribution in [0.15, 0.2) is 36.4 Å². The molecule has 0 saturated heterocycles. The van der Waals surface area contributed by atoms with E-state index >= 15 is 0 Å². The number of methoxy groups -OCH3 is 1. The van der Waals surface area contributed by atoms with Crippen LogP contribution in [0.4, 0.5) is 11.4 Å². The van der Waals surface area contributed by atoms with Gasteiger partial charge in [-0.1, -0.05) is 29.3 Å². The first-order valence-electron chi connectivity index (χ1n) is 5.72. The molecule has 0 amide bonds. The third-order valence-electron chi connectivity index (χ3n) is 2.76. The van der Waals surface area contributed by atoms with Gasteiger partial charge in [-0.05, 0) is 30.3 Å². The van der Waals surface area contributed by atoms with Crippen molar-refractivity contribution in [2.24, 2.45) is 0 Å². The number of nitrogen functional groups attached to an aromatic ring is 1. The van der Waals surface area contributed by atoms with E-state index in [9.17, 15) is 0 Å². The quantitative estimate of drug-likeness (QED) is 0.832. The van der Waals surface area contributed by atoms with Gasteiger partial charge in [0.05, 0.1) is 12.8 Å². The van der Waals surface area contributed by atoms with Gasteiger partial charge in [0.1, 0.15) is 5.75 Å². The molecule has 0 fully saturated rings. The van der Waals surface area contributed by atoms with E-state index < -0.39 is 0 Å². The minimum atomic E-state index is 0.532. The molecule has 0 aliphatic heterocycles. The third-order valence-corrected chi connectivity index (χ3v) is 3.47. The molecule has 2 aromatic rings. The maximum atomic E-state index is 6.11. The van der Waals surface area contributed by atoms with Crippen LogP contribution in [0.1, 0.15) is 5.56 Å². The number of rotatable bonds is 4. The zero-order chi connectivity index (χ0) is 13.8. The Labute approximate surface area is 122 Å². The van der Waals surface area contributed by atoms with E-state index in [0.717, 1.165) is 11.3 Å². The standard InChI is InChI=1S/C14H14Cl2N2O/c1-19-14-6-5-9(7-13(14)17)18-8-10-11(15)3-2-4-12(10)16/h2-7,18H,8,17H2,1H3. The highest BCUT2D eigenvalue weighted by atomic mass is 35.5. The summed E-state index contributed by atoms with van der Waals surface area (Å²) in [4.78, 5) is 0. The number of ether oxygens (including phenoxy) is 1. The predicted molar refractivity (Wildman–Crippen MR) is 81.2 cm³/mol. The number of nitrogens with one attached hydrogen (secondary N) is 1. The average molecular weight is 297 g/mol. The molecule has 0 unspecified atom stereocenters. The van der Waals surface area contributed by atoms with Gasteiger partial charge in [0, 0.05) is 27.8 Å². The lowest BCUT2D eigenvalue weighted by molar-refractivity contribution is 0.417. The highest BCUT2D eigenvalue weighted by Crippen LogP contribution is 2.27. The Morgan fingerprint density at radius 3 is 2.42 bits per heavy atom. The SMILES string of the molecule is COc1ccc(NCc2c(Cl)cccc2Cl)cc1N. The van der Waals surface area contributed by atoms with Gasteiger partial charge in [-0.15, -0.1) is 0 Å². The summed E-state index contributed by atoms with van der Waals surface area (Å²) < 4.78 is 5.11. The molecule has 3 N–H and O–H groups in total. The molecule has 0 atom stereocenters. The molecule has 3 nitrogen and oxygen atoms in total. The number of nitrogens with two attached hydrogens (primary N) is 1. The first-order valence-corrected chi connectivity index (χ1v) is 6.47. The largest absolute Gasteiger partial charge is 0.495 e. The second-order valence-electron chi connectivity index (χ2n) is 4.01. The summed E-state index contributed by atoms with van der Waals surface area (Å²) >= 11 is 12.2. The van der Waals surface area contributed by atoms with Crippen molar-refractivity contribution in [3.8, 4) is 5.75 Å². The maximum absolute atomic E-state index is 6.11. The Kier molecular flexibility index (Phi) is 4.40. The lowest BCUT2D eigenvalue weighted by atomic mass is 10.2. The van der Waals surface area contributed by atoms with Crippen molar-refractivity contribution >= 4 is 34.6 Å². The molecule has 0 aromatic heterocycles. The molecule has 0 aliphatic carbocycles. The molecule has 0 spiro atoms. The Morgan fingerprint density at radius 1 is 1.16 bits per heavy atom. The second-order valence-corrected chi connectivity index (χ2v) is 4.82. The molecule has 0 radical (unpaired) electrons. The molecule has 0 heterocycles. The van der Waals surface area contributed by atoms with Crippen LogP contribution in [-0.2, 0) is 6.54 Å². The number of benzene rings is 2. The summed E-state index contributed by atoms with van der Waals surface area (Å²) in [5, 5.41) is 4.51. The van der Waals surface area contributed by atoms with Crippen LogP contribution in [0.5, 0.6) is 5.75 Å². The zero-order valence-corrected chi connectivity index (χ0v) is 11.9. The van der Waals surface area contributed by atoms with Crippen molar-refractivity contribution in [2.45, 2.75) is 6.54 Å². The topological polar surface area (TPSA) is 47.3 Å². The Hall–Kier alpha value is -1.58. The van der Waals surface area contributed by atoms with Gasteiger partial charge in [0.25, 0.3) is 0 Å². The number of anilines is 2. The summed E-state index contributed by atoms with van der Waals surface area (Å²) in [6.45, 7) is 0.532. The van der Waals surface area contributed by atoms with E-state index in [0.29, 0.717) is 28.0 Å². The summed E-state index contributed by atoms with van der Waals surface area (Å²) in [5.74, 6) is 0.654. The fourth-order valence-corrected chi connectivity index (χ4v) is 2.27. The summed E-state index contributed by atoms with van der Waals surface area (Å²) in [7, 11) is 1.59. The molecule has 19 heavy (non-hydrogen) atoms. The van der Waals surface area contributed by atoms with Gasteiger partial charge in [-0.3, -0.25) is 0 Å². The predicted octanol–water partition coefficient (Wildman–Crippen LogP) is 4.20. The fourth-order valence-electron chi connectivity index (χ4n) is 1.74. The van der Waals surface area contributed by atoms with Crippen molar-refractivity contribution in [3.05, 3.63) is 52.0 Å². The molecular formula is C14H14Cl2N2O. The monoisotopic (exact) mass is 296 g/mol. The smallest absolute Gasteiger partial charge is 0.141 e. The van der Waals surface area contributed by atoms with Gasteiger partial charge in [-0.2, -0.15) is 0 Å². The van der Waals surface area contributed by atoms with E-state index in [4.69, 9.17) is 33.7 Å². The normalized spacial score (nSPS) is 10.3. The van der Waals surface area contributed by atoms with E-state index in [1.54, 1.807) is 7.11 Å². The summed E-state index contributed by atoms with van der Waals surface area (Å²) in [5.41, 5.74) is 8.17. The van der Waals surface area contributed by atoms with Gasteiger partial charge in [0.2, 0.25) is 0 Å². The Balaban J connectivity index is 2.13. The van der Waals surface area contributed by atoms with Crippen molar-refractivity contribution in [1.82, 2.24) is 0 Å². The van der Waals surface area contributed by atoms with Crippen LogP contribution in [0.3, 0.4) is 0 Å². The van der Waals surface area contributed by atoms with Gasteiger partial charge < -0.3 is 15.8 Å². The highest BCUT2D eigenvalue weighted by molar-refractivity contribution is 6.36. The molecule has 0 aliphatic rings. The van der Waals surface area contributed by atoms with Crippen LogP contribution in [0, 0.1) is 0 Å². The van der Waals surface area contributed by atoms with Gasteiger partial charge in [0.15, 0.2) is 0 Å². The number of hydrogen-bond donors (Lipinski definition) is 2. The Morgan fingerprint density at radius 2 is 1.84 bits per heavy atom. The lowest BCUT2D eigenvalue weighted by Crippen LogP contribution is -2.02. The first-order chi connectivity index (χ1) is 9.11. The van der Waals surface area contributed by atoms with Gasteiger partial charge in [-0.25, -0.2) is 0 Å². The van der Waals surface area contributed by atoms with Crippen molar-refractivity contribution in [2.75, 3.05) is 18.2 Å². The molecule has 5 heteroatoms. The van der Waals surface area contributed by atoms with Crippen LogP contribution < -0.4 is 15.8 Å². The maximum Gasteiger partial charge on any atom is 0.141 e. The van der Waals surface area contributed by atoms with Crippen LogP contribution in [0.25, 0.3) is 0 Å². The molecule has 2 aromatic carbocycles. The third kappa shape index (κ3) is 3.25. The van der Waals surface area contributed by atoms with E-state index in [1.807, 2.05) is 36.4 Å². The minimum Gasteiger partial charge on any atom is -0.495 e. The van der Waals surface area contributed by atoms with E-state index in [1.165, 1.54) is 0 Å². The summed E-state index contributed by atoms with van der Waals surface area (Å²) in [6.07, 6.45) is 0. The molecular weight excluding hydrogens is 283 g/mol. The van der Waals surface area contributed by atoms with E-state index in [-0.39, 0.29) is 0 Å². The van der Waals surface area contributed by atoms with Crippen LogP contribution in [0.2, 0.25) is 10.0 Å². The first kappa shape index (κ1) is 13.8. The molecule has 0 bridgehead atoms. The second kappa shape index (κ2) is 6.04.